The smallest absolute Gasteiger partial charge is 0.252 e. The van der Waals surface area contributed by atoms with Gasteiger partial charge in [-0.2, -0.15) is 0 Å². The number of hydrogen-bond donors (Lipinski definition) is 0. The average Bonchev–Trinajstić information content (AvgIpc) is 0.933. The molecular formula is C84H53BN4O. The van der Waals surface area contributed by atoms with Gasteiger partial charge in [-0.25, -0.2) is 0 Å². The number of rotatable bonds is 8. The zero-order valence-electron chi connectivity index (χ0n) is 48.9. The lowest BCUT2D eigenvalue weighted by atomic mass is 9.33. The molecule has 0 radical (unpaired) electrons. The summed E-state index contributed by atoms with van der Waals surface area (Å²) in [6.45, 7) is -0.179. The van der Waals surface area contributed by atoms with Crippen LogP contribution >= 0.6 is 0 Å². The molecule has 0 unspecified atom stereocenters. The van der Waals surface area contributed by atoms with E-state index in [0.29, 0.717) is 0 Å². The maximum atomic E-state index is 6.43. The van der Waals surface area contributed by atoms with E-state index in [4.69, 9.17) is 4.42 Å². The molecule has 0 spiro atoms. The van der Waals surface area contributed by atoms with E-state index in [2.05, 4.69) is 334 Å². The highest BCUT2D eigenvalue weighted by Gasteiger charge is 2.45. The summed E-state index contributed by atoms with van der Waals surface area (Å²) in [5, 5.41) is 7.09. The fourth-order valence-electron chi connectivity index (χ4n) is 15.2. The minimum absolute atomic E-state index is 0.179. The first-order valence-corrected chi connectivity index (χ1v) is 31.0. The Hall–Kier alpha value is -11.9. The molecule has 0 amide bonds. The predicted molar refractivity (Wildman–Crippen MR) is 378 cm³/mol. The van der Waals surface area contributed by atoms with E-state index in [1.165, 1.54) is 54.5 Å². The van der Waals surface area contributed by atoms with E-state index in [1.807, 2.05) is 6.07 Å². The Morgan fingerprint density at radius 1 is 0.233 bits per heavy atom. The van der Waals surface area contributed by atoms with Gasteiger partial charge >= 0.3 is 0 Å². The summed E-state index contributed by atoms with van der Waals surface area (Å²) in [6, 6.07) is 119. The largest absolute Gasteiger partial charge is 0.456 e. The molecular weight excluding hydrogens is 1090 g/mol. The van der Waals surface area contributed by atoms with Gasteiger partial charge in [0.2, 0.25) is 0 Å². The number of anilines is 6. The molecule has 418 valence electrons. The molecule has 0 atom stereocenters. The van der Waals surface area contributed by atoms with Gasteiger partial charge in [0.15, 0.2) is 0 Å². The van der Waals surface area contributed by atoms with Crippen molar-refractivity contribution < 1.29 is 4.42 Å². The molecule has 2 aliphatic rings. The van der Waals surface area contributed by atoms with E-state index >= 15 is 0 Å². The highest BCUT2D eigenvalue weighted by molar-refractivity contribution is 7.00. The fourth-order valence-corrected chi connectivity index (χ4v) is 15.2. The summed E-state index contributed by atoms with van der Waals surface area (Å²) in [6.07, 6.45) is 0. The fraction of sp³-hybridized carbons (Fsp3) is 0. The standard InChI is InChI=1S/C84H53BN4O/c1-4-22-54(23-5-1)62-28-10-16-34-72(62)88-78-50-58(56-42-47-83-69(49-56)67-33-15-21-39-82(67)90-83)40-44-70(78)85-71-45-43-61(87-74-36-18-12-30-64(74)65-31-13-19-37-75(65)87)53-79(71)89(73-35-17-11-29-63(73)55-24-6-2-7-25-55)81-52-59(51-80(88)84(81)85)57-41-46-77-68(48-57)66-32-14-20-38-76(66)86(77)60-26-8-3-9-27-60/h1-53H. The van der Waals surface area contributed by atoms with Crippen molar-refractivity contribution in [2.24, 2.45) is 0 Å². The number of para-hydroxylation sites is 7. The number of furan rings is 1. The van der Waals surface area contributed by atoms with Gasteiger partial charge in [0, 0.05) is 77.6 Å². The molecule has 2 aliphatic heterocycles. The third-order valence-electron chi connectivity index (χ3n) is 19.1. The lowest BCUT2D eigenvalue weighted by molar-refractivity contribution is 0.669. The highest BCUT2D eigenvalue weighted by Crippen LogP contribution is 2.51. The normalized spacial score (nSPS) is 12.6. The van der Waals surface area contributed by atoms with Gasteiger partial charge in [0.25, 0.3) is 6.71 Å². The molecule has 0 N–H and O–H groups in total. The molecule has 14 aromatic carbocycles. The van der Waals surface area contributed by atoms with Crippen molar-refractivity contribution in [1.29, 1.82) is 0 Å². The molecule has 17 aromatic rings. The maximum absolute atomic E-state index is 6.43. The molecule has 90 heavy (non-hydrogen) atoms. The second-order valence-corrected chi connectivity index (χ2v) is 23.9. The third kappa shape index (κ3) is 7.58. The SMILES string of the molecule is c1ccc(-c2ccccc2N2c3cc(-c4ccc5oc6ccccc6c5c4)ccc3B3c4ccc(-n5c6ccccc6c6ccccc65)cc4N(c4ccccc4-c4ccccc4)c4cc(-c5ccc6c(c5)c5ccccc5n6-c5ccccc5)cc2c43)cc1. The predicted octanol–water partition coefficient (Wildman–Crippen LogP) is 20.5. The van der Waals surface area contributed by atoms with Crippen molar-refractivity contribution in [2.75, 3.05) is 9.80 Å². The van der Waals surface area contributed by atoms with Crippen molar-refractivity contribution >= 4 is 123 Å². The summed E-state index contributed by atoms with van der Waals surface area (Å²) < 4.78 is 11.3. The Labute approximate surface area is 520 Å². The summed E-state index contributed by atoms with van der Waals surface area (Å²) >= 11 is 0. The van der Waals surface area contributed by atoms with Gasteiger partial charge in [0.1, 0.15) is 11.2 Å². The van der Waals surface area contributed by atoms with E-state index < -0.39 is 0 Å². The minimum atomic E-state index is -0.179. The van der Waals surface area contributed by atoms with Gasteiger partial charge in [-0.05, 0) is 153 Å². The average molecular weight is 1150 g/mol. The van der Waals surface area contributed by atoms with Gasteiger partial charge in [-0.15, -0.1) is 0 Å². The van der Waals surface area contributed by atoms with Crippen LogP contribution in [0.3, 0.4) is 0 Å². The highest BCUT2D eigenvalue weighted by atomic mass is 16.3. The number of hydrogen-bond acceptors (Lipinski definition) is 3. The summed E-state index contributed by atoms with van der Waals surface area (Å²) in [5.41, 5.74) is 28.2. The Morgan fingerprint density at radius 3 is 1.29 bits per heavy atom. The summed E-state index contributed by atoms with van der Waals surface area (Å²) in [4.78, 5) is 5.21. The van der Waals surface area contributed by atoms with E-state index in [9.17, 15) is 0 Å². The second kappa shape index (κ2) is 19.8. The van der Waals surface area contributed by atoms with Crippen LogP contribution in [-0.4, -0.2) is 15.8 Å². The molecule has 0 aliphatic carbocycles. The van der Waals surface area contributed by atoms with Crippen molar-refractivity contribution in [3.05, 3.63) is 322 Å². The number of aromatic nitrogens is 2. The van der Waals surface area contributed by atoms with Gasteiger partial charge in [0.05, 0.1) is 33.4 Å². The summed E-state index contributed by atoms with van der Waals surface area (Å²) in [5.74, 6) is 0. The van der Waals surface area contributed by atoms with Crippen molar-refractivity contribution in [2.45, 2.75) is 0 Å². The van der Waals surface area contributed by atoms with Crippen LogP contribution in [0.4, 0.5) is 34.1 Å². The molecule has 5 nitrogen and oxygen atoms in total. The molecule has 0 fully saturated rings. The van der Waals surface area contributed by atoms with Gasteiger partial charge < -0.3 is 23.4 Å². The van der Waals surface area contributed by atoms with Crippen LogP contribution in [-0.2, 0) is 0 Å². The Balaban J connectivity index is 0.939. The Morgan fingerprint density at radius 2 is 0.656 bits per heavy atom. The van der Waals surface area contributed by atoms with Crippen molar-refractivity contribution in [3.8, 4) is 55.9 Å². The number of nitrogens with zero attached hydrogens (tertiary/aromatic N) is 4. The zero-order valence-corrected chi connectivity index (χ0v) is 48.9. The van der Waals surface area contributed by atoms with E-state index in [0.717, 1.165) is 117 Å². The molecule has 5 heterocycles. The first kappa shape index (κ1) is 50.3. The third-order valence-corrected chi connectivity index (χ3v) is 19.1. The molecule has 0 bridgehead atoms. The van der Waals surface area contributed by atoms with Crippen LogP contribution < -0.4 is 26.2 Å². The van der Waals surface area contributed by atoms with Crippen LogP contribution in [0.15, 0.2) is 326 Å². The van der Waals surface area contributed by atoms with Gasteiger partial charge in [-0.1, -0.05) is 218 Å². The van der Waals surface area contributed by atoms with Crippen LogP contribution in [0.1, 0.15) is 0 Å². The second-order valence-electron chi connectivity index (χ2n) is 23.9. The first-order valence-electron chi connectivity index (χ1n) is 31.0. The lowest BCUT2D eigenvalue weighted by Crippen LogP contribution is -2.61. The van der Waals surface area contributed by atoms with E-state index in [1.54, 1.807) is 0 Å². The monoisotopic (exact) mass is 1140 g/mol. The van der Waals surface area contributed by atoms with Gasteiger partial charge in [-0.3, -0.25) is 0 Å². The van der Waals surface area contributed by atoms with Crippen LogP contribution in [0.25, 0.3) is 121 Å². The van der Waals surface area contributed by atoms with Crippen molar-refractivity contribution in [1.82, 2.24) is 9.13 Å². The van der Waals surface area contributed by atoms with Crippen LogP contribution in [0.2, 0.25) is 0 Å². The first-order chi connectivity index (χ1) is 44.7. The van der Waals surface area contributed by atoms with E-state index in [-0.39, 0.29) is 6.71 Å². The number of fused-ring (bicyclic) bond motifs is 13. The topological polar surface area (TPSA) is 29.5 Å². The Bertz CT molecular complexity index is 5710. The molecule has 3 aromatic heterocycles. The maximum Gasteiger partial charge on any atom is 0.252 e. The number of benzene rings is 14. The zero-order chi connectivity index (χ0) is 59.0. The molecule has 0 saturated heterocycles. The minimum Gasteiger partial charge on any atom is -0.456 e. The van der Waals surface area contributed by atoms with Crippen LogP contribution in [0, 0.1) is 0 Å². The quantitative estimate of drug-likeness (QED) is 0.142. The molecule has 0 saturated carbocycles. The van der Waals surface area contributed by atoms with Crippen molar-refractivity contribution in [3.63, 3.8) is 0 Å². The molecule has 6 heteroatoms. The molecule has 19 rings (SSSR count). The Kier molecular flexibility index (Phi) is 11.1. The lowest BCUT2D eigenvalue weighted by Gasteiger charge is -2.45. The summed E-state index contributed by atoms with van der Waals surface area (Å²) in [7, 11) is 0. The van der Waals surface area contributed by atoms with Crippen LogP contribution in [0.5, 0.6) is 0 Å².